The van der Waals surface area contributed by atoms with Crippen LogP contribution in [0, 0.1) is 5.92 Å². The lowest BCUT2D eigenvalue weighted by Crippen LogP contribution is -2.50. The Labute approximate surface area is 148 Å². The van der Waals surface area contributed by atoms with E-state index in [4.69, 9.17) is 0 Å². The average molecular weight is 359 g/mol. The van der Waals surface area contributed by atoms with E-state index in [1.54, 1.807) is 0 Å². The molecule has 3 aliphatic rings. The van der Waals surface area contributed by atoms with Gasteiger partial charge in [0.25, 0.3) is 5.91 Å². The first kappa shape index (κ1) is 19.0. The van der Waals surface area contributed by atoms with E-state index in [9.17, 15) is 14.4 Å². The van der Waals surface area contributed by atoms with Gasteiger partial charge in [0.05, 0.1) is 0 Å². The first-order valence-corrected chi connectivity index (χ1v) is 8.68. The molecule has 2 heterocycles. The molecule has 7 nitrogen and oxygen atoms in total. The van der Waals surface area contributed by atoms with Crippen LogP contribution in [0.15, 0.2) is 0 Å². The Hall–Kier alpha value is -1.34. The number of rotatable bonds is 4. The minimum atomic E-state index is -0.766. The lowest BCUT2D eigenvalue weighted by atomic mass is 9.75. The van der Waals surface area contributed by atoms with Crippen LogP contribution in [0.1, 0.15) is 45.4 Å². The van der Waals surface area contributed by atoms with Crippen LogP contribution in [-0.4, -0.2) is 54.0 Å². The van der Waals surface area contributed by atoms with E-state index in [1.807, 2.05) is 0 Å². The Morgan fingerprint density at radius 1 is 1.29 bits per heavy atom. The van der Waals surface area contributed by atoms with E-state index < -0.39 is 11.6 Å². The second-order valence-corrected chi connectivity index (χ2v) is 7.01. The van der Waals surface area contributed by atoms with Crippen molar-refractivity contribution < 1.29 is 14.4 Å². The minimum Gasteiger partial charge on any atom is -0.350 e. The number of amides is 4. The second-order valence-electron chi connectivity index (χ2n) is 7.01. The van der Waals surface area contributed by atoms with Crippen molar-refractivity contribution in [3.05, 3.63) is 0 Å². The molecule has 24 heavy (non-hydrogen) atoms. The maximum absolute atomic E-state index is 12.7. The fourth-order valence-electron chi connectivity index (χ4n) is 3.93. The summed E-state index contributed by atoms with van der Waals surface area (Å²) in [5, 5.41) is 8.91. The number of imide groups is 1. The Morgan fingerprint density at radius 2 is 2.00 bits per heavy atom. The quantitative estimate of drug-likeness (QED) is 0.648. The van der Waals surface area contributed by atoms with E-state index in [0.29, 0.717) is 18.8 Å². The molecule has 3 N–H and O–H groups in total. The molecule has 1 aliphatic carbocycles. The molecule has 0 bridgehead atoms. The van der Waals surface area contributed by atoms with Crippen molar-refractivity contribution in [1.82, 2.24) is 20.9 Å². The Bertz CT molecular complexity index is 500. The van der Waals surface area contributed by atoms with E-state index in [0.717, 1.165) is 43.7 Å². The highest BCUT2D eigenvalue weighted by atomic mass is 35.5. The Balaban J connectivity index is 0.00000208. The topological polar surface area (TPSA) is 90.5 Å². The fraction of sp³-hybridized carbons (Fsp3) is 0.812. The fourth-order valence-corrected chi connectivity index (χ4v) is 3.93. The normalized spacial score (nSPS) is 32.6. The van der Waals surface area contributed by atoms with Gasteiger partial charge >= 0.3 is 6.03 Å². The Kier molecular flexibility index (Phi) is 6.09. The van der Waals surface area contributed by atoms with Crippen molar-refractivity contribution in [3.8, 4) is 0 Å². The molecule has 0 aromatic heterocycles. The highest BCUT2D eigenvalue weighted by Crippen LogP contribution is 2.37. The third-order valence-corrected chi connectivity index (χ3v) is 5.51. The van der Waals surface area contributed by atoms with Crippen molar-refractivity contribution in [3.63, 3.8) is 0 Å². The van der Waals surface area contributed by atoms with Gasteiger partial charge in [-0.25, -0.2) is 4.79 Å². The summed E-state index contributed by atoms with van der Waals surface area (Å²) in [6.07, 6.45) is 5.27. The molecule has 3 fully saturated rings. The van der Waals surface area contributed by atoms with Gasteiger partial charge in [-0.1, -0.05) is 13.3 Å². The van der Waals surface area contributed by atoms with Crippen LogP contribution >= 0.6 is 12.4 Å². The van der Waals surface area contributed by atoms with Gasteiger partial charge in [0.1, 0.15) is 12.1 Å². The van der Waals surface area contributed by atoms with Gasteiger partial charge in [0.15, 0.2) is 0 Å². The predicted molar refractivity (Wildman–Crippen MR) is 91.9 cm³/mol. The van der Waals surface area contributed by atoms with Gasteiger partial charge in [0.2, 0.25) is 5.91 Å². The number of hydrogen-bond donors (Lipinski definition) is 3. The maximum Gasteiger partial charge on any atom is 0.325 e. The number of hydrogen-bond acceptors (Lipinski definition) is 4. The van der Waals surface area contributed by atoms with Gasteiger partial charge in [-0.3, -0.25) is 14.5 Å². The zero-order valence-electron chi connectivity index (χ0n) is 14.1. The minimum absolute atomic E-state index is 0. The van der Waals surface area contributed by atoms with Crippen LogP contribution in [0.4, 0.5) is 4.79 Å². The summed E-state index contributed by atoms with van der Waals surface area (Å²) in [5.74, 6) is 0.149. The first-order valence-electron chi connectivity index (χ1n) is 8.68. The lowest BCUT2D eigenvalue weighted by molar-refractivity contribution is -0.136. The van der Waals surface area contributed by atoms with Gasteiger partial charge in [-0.15, -0.1) is 12.4 Å². The summed E-state index contributed by atoms with van der Waals surface area (Å²) in [4.78, 5) is 38.1. The number of urea groups is 1. The molecule has 1 spiro atoms. The van der Waals surface area contributed by atoms with Gasteiger partial charge in [-0.05, 0) is 44.6 Å². The number of nitrogens with zero attached hydrogens (tertiary/aromatic N) is 1. The molecule has 4 amide bonds. The molecular weight excluding hydrogens is 332 g/mol. The number of nitrogens with one attached hydrogen (secondary N) is 3. The molecule has 8 heteroatoms. The monoisotopic (exact) mass is 358 g/mol. The molecule has 2 saturated heterocycles. The molecule has 1 unspecified atom stereocenters. The summed E-state index contributed by atoms with van der Waals surface area (Å²) in [6, 6.07) is -0.332. The van der Waals surface area contributed by atoms with Gasteiger partial charge in [0, 0.05) is 12.6 Å². The summed E-state index contributed by atoms with van der Waals surface area (Å²) in [5.41, 5.74) is -0.766. The highest BCUT2D eigenvalue weighted by molar-refractivity contribution is 6.09. The molecule has 0 aromatic rings. The zero-order valence-corrected chi connectivity index (χ0v) is 14.9. The summed E-state index contributed by atoms with van der Waals surface area (Å²) in [6.45, 7) is 3.61. The molecule has 1 atom stereocenters. The molecule has 1 saturated carbocycles. The Morgan fingerprint density at radius 3 is 2.58 bits per heavy atom. The summed E-state index contributed by atoms with van der Waals surface area (Å²) < 4.78 is 0. The average Bonchev–Trinajstić information content (AvgIpc) is 3.11. The van der Waals surface area contributed by atoms with Crippen LogP contribution in [0.25, 0.3) is 0 Å². The van der Waals surface area contributed by atoms with E-state index in [-0.39, 0.29) is 36.8 Å². The maximum atomic E-state index is 12.7. The van der Waals surface area contributed by atoms with Crippen LogP contribution in [0.3, 0.4) is 0 Å². The molecule has 136 valence electrons. The van der Waals surface area contributed by atoms with Gasteiger partial charge in [-0.2, -0.15) is 0 Å². The van der Waals surface area contributed by atoms with Crippen molar-refractivity contribution in [1.29, 1.82) is 0 Å². The molecule has 2 aliphatic heterocycles. The summed E-state index contributed by atoms with van der Waals surface area (Å²) >= 11 is 0. The van der Waals surface area contributed by atoms with Crippen molar-refractivity contribution >= 4 is 30.3 Å². The SMILES string of the molecule is CCC1CCC2(CC1)NC(=O)N(CC(=O)NC1CCNC1)C2=O.Cl. The summed E-state index contributed by atoms with van der Waals surface area (Å²) in [7, 11) is 0. The first-order chi connectivity index (χ1) is 11.0. The number of halogens is 1. The number of carbonyl (C=O) groups excluding carboxylic acids is 3. The lowest BCUT2D eigenvalue weighted by Gasteiger charge is -2.34. The van der Waals surface area contributed by atoms with E-state index >= 15 is 0 Å². The van der Waals surface area contributed by atoms with Crippen LogP contribution in [-0.2, 0) is 9.59 Å². The smallest absolute Gasteiger partial charge is 0.325 e. The van der Waals surface area contributed by atoms with Crippen LogP contribution < -0.4 is 16.0 Å². The number of carbonyl (C=O) groups is 3. The van der Waals surface area contributed by atoms with Crippen LogP contribution in [0.2, 0.25) is 0 Å². The van der Waals surface area contributed by atoms with Gasteiger partial charge < -0.3 is 16.0 Å². The zero-order chi connectivity index (χ0) is 16.4. The molecule has 0 aromatic carbocycles. The van der Waals surface area contributed by atoms with Crippen LogP contribution in [0.5, 0.6) is 0 Å². The third-order valence-electron chi connectivity index (χ3n) is 5.51. The van der Waals surface area contributed by atoms with Crippen molar-refractivity contribution in [2.45, 2.75) is 57.0 Å². The van der Waals surface area contributed by atoms with E-state index in [1.165, 1.54) is 0 Å². The second kappa shape index (κ2) is 7.70. The van der Waals surface area contributed by atoms with Crippen molar-refractivity contribution in [2.24, 2.45) is 5.92 Å². The van der Waals surface area contributed by atoms with Crippen molar-refractivity contribution in [2.75, 3.05) is 19.6 Å². The molecular formula is C16H27ClN4O3. The largest absolute Gasteiger partial charge is 0.350 e. The molecule has 0 radical (unpaired) electrons. The predicted octanol–water partition coefficient (Wildman–Crippen LogP) is 0.777. The molecule has 3 rings (SSSR count). The standard InChI is InChI=1S/C16H26N4O3.ClH/c1-2-11-3-6-16(7-4-11)14(22)20(15(23)19-16)10-13(21)18-12-5-8-17-9-12;/h11-12,17H,2-10H2,1H3,(H,18,21)(H,19,23);1H. The highest BCUT2D eigenvalue weighted by Gasteiger charge is 2.52. The van der Waals surface area contributed by atoms with E-state index in [2.05, 4.69) is 22.9 Å². The third kappa shape index (κ3) is 3.67.